The van der Waals surface area contributed by atoms with E-state index in [0.29, 0.717) is 5.92 Å². The lowest BCUT2D eigenvalue weighted by Crippen LogP contribution is -2.29. The molecule has 0 saturated heterocycles. The van der Waals surface area contributed by atoms with Gasteiger partial charge in [-0.25, -0.2) is 4.63 Å². The number of carboxylic acids is 1. The highest BCUT2D eigenvalue weighted by Gasteiger charge is 2.26. The van der Waals surface area contributed by atoms with Crippen molar-refractivity contribution < 1.29 is 14.5 Å². The molecule has 1 aliphatic rings. The second-order valence-electron chi connectivity index (χ2n) is 5.79. The Kier molecular flexibility index (Phi) is 4.15. The highest BCUT2D eigenvalue weighted by Crippen LogP contribution is 2.28. The number of benzene rings is 1. The molecule has 1 aliphatic carbocycles. The molecule has 2 atom stereocenters. The van der Waals surface area contributed by atoms with Crippen LogP contribution < -0.4 is 5.32 Å². The van der Waals surface area contributed by atoms with Crippen LogP contribution in [0.5, 0.6) is 0 Å². The zero-order valence-corrected chi connectivity index (χ0v) is 11.8. The normalized spacial score (nSPS) is 22.5. The number of aliphatic carboxylic acids is 1. The summed E-state index contributed by atoms with van der Waals surface area (Å²) in [6.45, 7) is 1.61. The third-order valence-electron chi connectivity index (χ3n) is 4.21. The summed E-state index contributed by atoms with van der Waals surface area (Å²) < 4.78 is 4.68. The maximum Gasteiger partial charge on any atom is 0.306 e. The Labute approximate surface area is 122 Å². The Morgan fingerprint density at radius 3 is 3.05 bits per heavy atom. The van der Waals surface area contributed by atoms with E-state index in [0.717, 1.165) is 55.4 Å². The number of hydrogen-bond acceptors (Lipinski definition) is 5. The van der Waals surface area contributed by atoms with Gasteiger partial charge in [-0.3, -0.25) is 4.79 Å². The van der Waals surface area contributed by atoms with Crippen LogP contribution >= 0.6 is 0 Å². The van der Waals surface area contributed by atoms with E-state index < -0.39 is 5.97 Å². The number of carboxylic acid groups (broad SMARTS) is 1. The average Bonchev–Trinajstić information content (AvgIpc) is 2.95. The summed E-state index contributed by atoms with van der Waals surface area (Å²) >= 11 is 0. The van der Waals surface area contributed by atoms with Crippen molar-refractivity contribution in [1.29, 1.82) is 0 Å². The molecule has 2 unspecified atom stereocenters. The van der Waals surface area contributed by atoms with Crippen molar-refractivity contribution in [3.05, 3.63) is 23.8 Å². The van der Waals surface area contributed by atoms with Gasteiger partial charge >= 0.3 is 5.97 Å². The smallest absolute Gasteiger partial charge is 0.306 e. The molecule has 0 bridgehead atoms. The predicted molar refractivity (Wildman–Crippen MR) is 76.6 cm³/mol. The average molecular weight is 289 g/mol. The molecule has 6 heteroatoms. The number of hydrogen-bond donors (Lipinski definition) is 2. The van der Waals surface area contributed by atoms with E-state index >= 15 is 0 Å². The van der Waals surface area contributed by atoms with Crippen molar-refractivity contribution in [2.75, 3.05) is 6.54 Å². The molecule has 0 aliphatic heterocycles. The number of nitrogens with one attached hydrogen (secondary N) is 1. The van der Waals surface area contributed by atoms with E-state index in [-0.39, 0.29) is 5.92 Å². The van der Waals surface area contributed by atoms with E-state index in [1.54, 1.807) is 0 Å². The monoisotopic (exact) mass is 289 g/mol. The van der Waals surface area contributed by atoms with E-state index in [1.807, 2.05) is 18.2 Å². The quantitative estimate of drug-likeness (QED) is 0.877. The van der Waals surface area contributed by atoms with Gasteiger partial charge < -0.3 is 10.4 Å². The predicted octanol–water partition coefficient (Wildman–Crippen LogP) is 2.20. The number of rotatable bonds is 5. The highest BCUT2D eigenvalue weighted by atomic mass is 16.6. The summed E-state index contributed by atoms with van der Waals surface area (Å²) in [7, 11) is 0. The molecule has 1 heterocycles. The molecule has 0 spiro atoms. The fourth-order valence-corrected chi connectivity index (χ4v) is 3.06. The lowest BCUT2D eigenvalue weighted by atomic mass is 9.81. The van der Waals surface area contributed by atoms with Gasteiger partial charge in [-0.15, -0.1) is 0 Å². The van der Waals surface area contributed by atoms with Gasteiger partial charge in [0.15, 0.2) is 0 Å². The van der Waals surface area contributed by atoms with E-state index in [4.69, 9.17) is 5.11 Å². The standard InChI is InChI=1S/C15H19N3O3/c19-15(20)12-3-1-2-10(6-12)8-16-9-11-4-5-13-14(7-11)18-21-17-13/h4-5,7,10,12,16H,1-3,6,8-9H2,(H,19,20). The second-order valence-corrected chi connectivity index (χ2v) is 5.79. The number of fused-ring (bicyclic) bond motifs is 1. The van der Waals surface area contributed by atoms with Crippen molar-refractivity contribution in [3.8, 4) is 0 Å². The molecule has 1 saturated carbocycles. The number of aromatic nitrogens is 2. The first-order chi connectivity index (χ1) is 10.2. The minimum absolute atomic E-state index is 0.164. The van der Waals surface area contributed by atoms with Crippen LogP contribution in [0.25, 0.3) is 11.0 Å². The van der Waals surface area contributed by atoms with Crippen LogP contribution in [0.4, 0.5) is 0 Å². The van der Waals surface area contributed by atoms with Crippen LogP contribution in [0.2, 0.25) is 0 Å². The molecule has 1 aromatic heterocycles. The largest absolute Gasteiger partial charge is 0.481 e. The minimum atomic E-state index is -0.649. The van der Waals surface area contributed by atoms with Gasteiger partial charge in [0.25, 0.3) is 0 Å². The van der Waals surface area contributed by atoms with Gasteiger partial charge in [0.05, 0.1) is 5.92 Å². The van der Waals surface area contributed by atoms with Gasteiger partial charge in [0, 0.05) is 6.54 Å². The second kappa shape index (κ2) is 6.22. The third-order valence-corrected chi connectivity index (χ3v) is 4.21. The lowest BCUT2D eigenvalue weighted by molar-refractivity contribution is -0.143. The lowest BCUT2D eigenvalue weighted by Gasteiger charge is -2.26. The number of carbonyl (C=O) groups is 1. The molecule has 2 aromatic rings. The first-order valence-electron chi connectivity index (χ1n) is 7.37. The molecule has 2 N–H and O–H groups in total. The molecule has 6 nitrogen and oxygen atoms in total. The van der Waals surface area contributed by atoms with Crippen molar-refractivity contribution in [2.24, 2.45) is 11.8 Å². The Bertz CT molecular complexity index is 625. The minimum Gasteiger partial charge on any atom is -0.481 e. The molecular weight excluding hydrogens is 270 g/mol. The van der Waals surface area contributed by atoms with Crippen LogP contribution in [-0.4, -0.2) is 27.9 Å². The molecule has 0 amide bonds. The first-order valence-corrected chi connectivity index (χ1v) is 7.37. The SMILES string of the molecule is O=C(O)C1CCCC(CNCc2ccc3nonc3c2)C1. The van der Waals surface area contributed by atoms with Gasteiger partial charge in [-0.1, -0.05) is 12.5 Å². The van der Waals surface area contributed by atoms with Crippen LogP contribution in [0.1, 0.15) is 31.2 Å². The first kappa shape index (κ1) is 14.0. The molecule has 112 valence electrons. The van der Waals surface area contributed by atoms with Crippen molar-refractivity contribution in [3.63, 3.8) is 0 Å². The van der Waals surface area contributed by atoms with Gasteiger partial charge in [-0.05, 0) is 59.7 Å². The summed E-state index contributed by atoms with van der Waals surface area (Å²) in [6, 6.07) is 5.85. The van der Waals surface area contributed by atoms with Crippen LogP contribution in [0.3, 0.4) is 0 Å². The molecule has 0 radical (unpaired) electrons. The zero-order chi connectivity index (χ0) is 14.7. The van der Waals surface area contributed by atoms with Crippen molar-refractivity contribution in [2.45, 2.75) is 32.2 Å². The summed E-state index contributed by atoms with van der Waals surface area (Å²) in [6.07, 6.45) is 3.74. The third kappa shape index (κ3) is 3.39. The molecule has 21 heavy (non-hydrogen) atoms. The highest BCUT2D eigenvalue weighted by molar-refractivity contribution is 5.73. The van der Waals surface area contributed by atoms with Crippen LogP contribution in [-0.2, 0) is 11.3 Å². The van der Waals surface area contributed by atoms with E-state index in [2.05, 4.69) is 20.3 Å². The fraction of sp³-hybridized carbons (Fsp3) is 0.533. The maximum absolute atomic E-state index is 11.1. The van der Waals surface area contributed by atoms with Gasteiger partial charge in [0.1, 0.15) is 11.0 Å². The van der Waals surface area contributed by atoms with E-state index in [1.165, 1.54) is 0 Å². The van der Waals surface area contributed by atoms with Crippen LogP contribution in [0, 0.1) is 11.8 Å². The van der Waals surface area contributed by atoms with Crippen LogP contribution in [0.15, 0.2) is 22.8 Å². The summed E-state index contributed by atoms with van der Waals surface area (Å²) in [5.41, 5.74) is 2.65. The Balaban J connectivity index is 1.50. The fourth-order valence-electron chi connectivity index (χ4n) is 3.06. The Morgan fingerprint density at radius 2 is 2.19 bits per heavy atom. The van der Waals surface area contributed by atoms with Crippen molar-refractivity contribution >= 4 is 17.0 Å². The summed E-state index contributed by atoms with van der Waals surface area (Å²) in [5.74, 6) is -0.357. The van der Waals surface area contributed by atoms with E-state index in [9.17, 15) is 4.79 Å². The molecule has 1 aromatic carbocycles. The van der Waals surface area contributed by atoms with Gasteiger partial charge in [0.2, 0.25) is 0 Å². The van der Waals surface area contributed by atoms with Crippen molar-refractivity contribution in [1.82, 2.24) is 15.6 Å². The topological polar surface area (TPSA) is 88.2 Å². The Hall–Kier alpha value is -1.95. The Morgan fingerprint density at radius 1 is 1.33 bits per heavy atom. The zero-order valence-electron chi connectivity index (χ0n) is 11.8. The summed E-state index contributed by atoms with van der Waals surface area (Å²) in [4.78, 5) is 11.1. The summed E-state index contributed by atoms with van der Waals surface area (Å²) in [5, 5.41) is 20.1. The number of nitrogens with zero attached hydrogens (tertiary/aromatic N) is 2. The molecule has 3 rings (SSSR count). The maximum atomic E-state index is 11.1. The molecule has 1 fully saturated rings. The van der Waals surface area contributed by atoms with Gasteiger partial charge in [-0.2, -0.15) is 0 Å². The molecular formula is C15H19N3O3.